The van der Waals surface area contributed by atoms with Gasteiger partial charge in [-0.15, -0.1) is 13.2 Å². The van der Waals surface area contributed by atoms with Gasteiger partial charge in [0.25, 0.3) is 0 Å². The maximum Gasteiger partial charge on any atom is 0.573 e. The number of rotatable bonds is 7. The van der Waals surface area contributed by atoms with Crippen molar-refractivity contribution in [2.45, 2.75) is 20.2 Å². The number of hydrogen-bond acceptors (Lipinski definition) is 6. The van der Waals surface area contributed by atoms with Gasteiger partial charge in [-0.1, -0.05) is 23.7 Å². The van der Waals surface area contributed by atoms with Gasteiger partial charge in [0, 0.05) is 22.3 Å². The van der Waals surface area contributed by atoms with Gasteiger partial charge >= 0.3 is 12.3 Å². The Bertz CT molecular complexity index is 1130. The zero-order valence-corrected chi connectivity index (χ0v) is 17.7. The van der Waals surface area contributed by atoms with Crippen LogP contribution >= 0.6 is 11.6 Å². The summed E-state index contributed by atoms with van der Waals surface area (Å²) in [6.07, 6.45) is -4.84. The molecule has 3 N–H and O–H groups in total. The second-order valence-corrected chi connectivity index (χ2v) is 7.26. The number of halogens is 4. The van der Waals surface area contributed by atoms with Crippen LogP contribution in [0.5, 0.6) is 5.75 Å². The number of hydrogen-bond donors (Lipinski definition) is 3. The number of carboxylic acids is 1. The molecule has 168 valence electrons. The third-order valence-corrected chi connectivity index (χ3v) is 4.46. The molecule has 0 aliphatic rings. The van der Waals surface area contributed by atoms with Crippen LogP contribution < -0.4 is 15.4 Å². The highest BCUT2D eigenvalue weighted by Crippen LogP contribution is 2.31. The molecule has 3 aromatic rings. The average Bonchev–Trinajstić information content (AvgIpc) is 2.68. The lowest BCUT2D eigenvalue weighted by molar-refractivity contribution is -0.274. The fourth-order valence-electron chi connectivity index (χ4n) is 2.98. The highest BCUT2D eigenvalue weighted by Gasteiger charge is 2.31. The van der Waals surface area contributed by atoms with Gasteiger partial charge in [-0.25, -0.2) is 4.98 Å². The minimum Gasteiger partial charge on any atom is -0.480 e. The number of anilines is 3. The van der Waals surface area contributed by atoms with E-state index >= 15 is 0 Å². The van der Waals surface area contributed by atoms with E-state index in [-0.39, 0.29) is 11.6 Å². The van der Waals surface area contributed by atoms with Crippen LogP contribution in [0.15, 0.2) is 42.5 Å². The molecule has 0 bridgehead atoms. The zero-order chi connectivity index (χ0) is 23.5. The van der Waals surface area contributed by atoms with E-state index in [9.17, 15) is 18.0 Å². The first-order chi connectivity index (χ1) is 15.0. The van der Waals surface area contributed by atoms with Crippen LogP contribution in [0.2, 0.25) is 5.02 Å². The Morgan fingerprint density at radius 2 is 1.81 bits per heavy atom. The summed E-state index contributed by atoms with van der Waals surface area (Å²) < 4.78 is 41.8. The third-order valence-electron chi connectivity index (χ3n) is 4.24. The molecule has 0 fully saturated rings. The minimum absolute atomic E-state index is 0.0150. The number of benzene rings is 2. The average molecular weight is 467 g/mol. The third kappa shape index (κ3) is 6.24. The molecule has 0 saturated heterocycles. The molecular formula is C21H18ClF3N4O3. The summed E-state index contributed by atoms with van der Waals surface area (Å²) in [5, 5.41) is 15.2. The molecule has 0 amide bonds. The predicted octanol–water partition coefficient (Wildman–Crippen LogP) is 5.55. The Hall–Kier alpha value is -3.53. The van der Waals surface area contributed by atoms with Crippen molar-refractivity contribution in [1.82, 2.24) is 9.97 Å². The van der Waals surface area contributed by atoms with Crippen molar-refractivity contribution < 1.29 is 27.8 Å². The summed E-state index contributed by atoms with van der Waals surface area (Å²) in [4.78, 5) is 19.4. The first-order valence-corrected chi connectivity index (χ1v) is 9.62. The molecule has 0 unspecified atom stereocenters. The number of nitrogens with one attached hydrogen (secondary N) is 2. The summed E-state index contributed by atoms with van der Waals surface area (Å²) in [5.74, 6) is -1.25. The van der Waals surface area contributed by atoms with Crippen molar-refractivity contribution >= 4 is 35.0 Å². The molecular weight excluding hydrogens is 449 g/mol. The summed E-state index contributed by atoms with van der Waals surface area (Å²) >= 11 is 6.08. The van der Waals surface area contributed by atoms with Crippen LogP contribution in [0.3, 0.4) is 0 Å². The van der Waals surface area contributed by atoms with Crippen molar-refractivity contribution in [3.05, 3.63) is 58.6 Å². The second-order valence-electron chi connectivity index (χ2n) is 6.82. The number of aliphatic carboxylic acids is 1. The van der Waals surface area contributed by atoms with Crippen molar-refractivity contribution in [2.24, 2.45) is 0 Å². The summed E-state index contributed by atoms with van der Waals surface area (Å²) in [5.41, 5.74) is 3.00. The molecule has 32 heavy (non-hydrogen) atoms. The lowest BCUT2D eigenvalue weighted by Gasteiger charge is -2.15. The number of nitrogens with zero attached hydrogens (tertiary/aromatic N) is 2. The lowest BCUT2D eigenvalue weighted by Crippen LogP contribution is -2.17. The van der Waals surface area contributed by atoms with Gasteiger partial charge in [0.15, 0.2) is 0 Å². The first kappa shape index (κ1) is 23.1. The normalized spacial score (nSPS) is 11.2. The van der Waals surface area contributed by atoms with Crippen molar-refractivity contribution in [2.75, 3.05) is 17.2 Å². The molecule has 3 rings (SSSR count). The van der Waals surface area contributed by atoms with Crippen molar-refractivity contribution in [1.29, 1.82) is 0 Å². The van der Waals surface area contributed by atoms with Crippen LogP contribution in [0.1, 0.15) is 11.1 Å². The largest absolute Gasteiger partial charge is 0.573 e. The molecule has 0 atom stereocenters. The SMILES string of the molecule is Cc1cc(Cl)cc(C)c1Nc1cc(-c2cccc(OC(F)(F)F)c2)nc(NCC(=O)O)n1. The van der Waals surface area contributed by atoms with Crippen molar-refractivity contribution in [3.8, 4) is 17.0 Å². The van der Waals surface area contributed by atoms with E-state index in [0.717, 1.165) is 16.8 Å². The van der Waals surface area contributed by atoms with Crippen LogP contribution in [0, 0.1) is 13.8 Å². The number of aryl methyl sites for hydroxylation is 2. The van der Waals surface area contributed by atoms with Crippen LogP contribution in [0.4, 0.5) is 30.6 Å². The van der Waals surface area contributed by atoms with Gasteiger partial charge in [-0.3, -0.25) is 4.79 Å². The molecule has 7 nitrogen and oxygen atoms in total. The summed E-state index contributed by atoms with van der Waals surface area (Å²) in [6.45, 7) is 3.26. The molecule has 0 aliphatic heterocycles. The van der Waals surface area contributed by atoms with E-state index < -0.39 is 24.6 Å². The van der Waals surface area contributed by atoms with Gasteiger partial charge < -0.3 is 20.5 Å². The lowest BCUT2D eigenvalue weighted by atomic mass is 10.1. The molecule has 0 aliphatic carbocycles. The van der Waals surface area contributed by atoms with E-state index in [4.69, 9.17) is 16.7 Å². The van der Waals surface area contributed by atoms with Crippen LogP contribution in [-0.4, -0.2) is 34.0 Å². The Morgan fingerprint density at radius 1 is 1.12 bits per heavy atom. The summed E-state index contributed by atoms with van der Waals surface area (Å²) in [6, 6.07) is 10.4. The van der Waals surface area contributed by atoms with Gasteiger partial charge in [0.05, 0.1) is 5.69 Å². The maximum absolute atomic E-state index is 12.6. The molecule has 2 aromatic carbocycles. The van der Waals surface area contributed by atoms with E-state index in [1.807, 2.05) is 13.8 Å². The Morgan fingerprint density at radius 3 is 2.44 bits per heavy atom. The van der Waals surface area contributed by atoms with Crippen LogP contribution in [-0.2, 0) is 4.79 Å². The smallest absolute Gasteiger partial charge is 0.480 e. The number of alkyl halides is 3. The number of aromatic nitrogens is 2. The molecule has 0 radical (unpaired) electrons. The van der Waals surface area contributed by atoms with Gasteiger partial charge in [0.1, 0.15) is 18.1 Å². The number of ether oxygens (including phenoxy) is 1. The van der Waals surface area contributed by atoms with E-state index in [1.165, 1.54) is 24.3 Å². The topological polar surface area (TPSA) is 96.4 Å². The van der Waals surface area contributed by atoms with E-state index in [1.54, 1.807) is 18.2 Å². The molecule has 0 saturated carbocycles. The minimum atomic E-state index is -4.84. The van der Waals surface area contributed by atoms with E-state index in [0.29, 0.717) is 16.4 Å². The Labute approximate surface area is 186 Å². The van der Waals surface area contributed by atoms with Gasteiger partial charge in [-0.2, -0.15) is 4.98 Å². The first-order valence-electron chi connectivity index (χ1n) is 9.25. The van der Waals surface area contributed by atoms with Crippen molar-refractivity contribution in [3.63, 3.8) is 0 Å². The molecule has 1 heterocycles. The van der Waals surface area contributed by atoms with Gasteiger partial charge in [0.2, 0.25) is 5.95 Å². The van der Waals surface area contributed by atoms with E-state index in [2.05, 4.69) is 25.3 Å². The predicted molar refractivity (Wildman–Crippen MR) is 114 cm³/mol. The standard InChI is InChI=1S/C21H18ClF3N4O3/c1-11-6-14(22)7-12(2)19(11)28-17-9-16(27-20(29-17)26-10-18(30)31)13-4-3-5-15(8-13)32-21(23,24)25/h3-9H,10H2,1-2H3,(H,30,31)(H2,26,27,28,29). The Kier molecular flexibility index (Phi) is 6.73. The summed E-state index contributed by atoms with van der Waals surface area (Å²) in [7, 11) is 0. The second kappa shape index (κ2) is 9.31. The maximum atomic E-state index is 12.6. The fourth-order valence-corrected chi connectivity index (χ4v) is 3.31. The molecule has 11 heteroatoms. The zero-order valence-electron chi connectivity index (χ0n) is 16.9. The van der Waals surface area contributed by atoms with Crippen LogP contribution in [0.25, 0.3) is 11.3 Å². The molecule has 1 aromatic heterocycles. The highest BCUT2D eigenvalue weighted by atomic mass is 35.5. The number of carbonyl (C=O) groups is 1. The van der Waals surface area contributed by atoms with Gasteiger partial charge in [-0.05, 0) is 49.2 Å². The monoisotopic (exact) mass is 466 g/mol. The Balaban J connectivity index is 2.02. The fraction of sp³-hybridized carbons (Fsp3) is 0.190. The quantitative estimate of drug-likeness (QED) is 0.420. The number of carboxylic acid groups (broad SMARTS) is 1. The molecule has 0 spiro atoms. The highest BCUT2D eigenvalue weighted by molar-refractivity contribution is 6.30.